The standard InChI is InChI=1S/C21H21N5O4/c1-5-25-20(27)18-19(26(21(25)28)12-6-11-22)23-17(24(18)2)10-8-14-7-9-15(29-3)16(13-14)30-4/h7,9,13H,5-6,12H2,1-4H3. The highest BCUT2D eigenvalue weighted by Crippen LogP contribution is 2.27. The van der Waals surface area contributed by atoms with Crippen LogP contribution in [0, 0.1) is 23.2 Å². The molecule has 0 unspecified atom stereocenters. The van der Waals surface area contributed by atoms with E-state index in [1.165, 1.54) is 4.57 Å². The van der Waals surface area contributed by atoms with Gasteiger partial charge in [-0.15, -0.1) is 0 Å². The summed E-state index contributed by atoms with van der Waals surface area (Å²) in [6.45, 7) is 2.08. The van der Waals surface area contributed by atoms with E-state index in [2.05, 4.69) is 16.8 Å². The molecule has 0 saturated carbocycles. The van der Waals surface area contributed by atoms with Gasteiger partial charge in [0.25, 0.3) is 5.56 Å². The molecule has 0 atom stereocenters. The van der Waals surface area contributed by atoms with Gasteiger partial charge in [0.2, 0.25) is 0 Å². The third-order valence-corrected chi connectivity index (χ3v) is 4.71. The second-order valence-electron chi connectivity index (χ2n) is 6.38. The van der Waals surface area contributed by atoms with Crippen molar-refractivity contribution in [1.29, 1.82) is 5.26 Å². The molecule has 3 aromatic rings. The van der Waals surface area contributed by atoms with Crippen LogP contribution in [0.5, 0.6) is 11.5 Å². The van der Waals surface area contributed by atoms with Gasteiger partial charge in [-0.2, -0.15) is 5.26 Å². The summed E-state index contributed by atoms with van der Waals surface area (Å²) in [6.07, 6.45) is 0.125. The lowest BCUT2D eigenvalue weighted by atomic mass is 10.2. The third kappa shape index (κ3) is 3.53. The Labute approximate surface area is 172 Å². The highest BCUT2D eigenvalue weighted by atomic mass is 16.5. The largest absolute Gasteiger partial charge is 0.493 e. The van der Waals surface area contributed by atoms with E-state index < -0.39 is 11.2 Å². The summed E-state index contributed by atoms with van der Waals surface area (Å²) in [6, 6.07) is 7.28. The quantitative estimate of drug-likeness (QED) is 0.590. The van der Waals surface area contributed by atoms with Crippen LogP contribution in [0.3, 0.4) is 0 Å². The second kappa shape index (κ2) is 8.58. The first kappa shape index (κ1) is 20.7. The number of nitrogens with zero attached hydrogens (tertiary/aromatic N) is 5. The van der Waals surface area contributed by atoms with Gasteiger partial charge in [-0.05, 0) is 31.0 Å². The minimum Gasteiger partial charge on any atom is -0.493 e. The second-order valence-corrected chi connectivity index (χ2v) is 6.38. The Balaban J connectivity index is 2.18. The van der Waals surface area contributed by atoms with Crippen LogP contribution in [0.25, 0.3) is 11.2 Å². The number of ether oxygens (including phenoxy) is 2. The smallest absolute Gasteiger partial charge is 0.332 e. The first-order chi connectivity index (χ1) is 14.5. The molecule has 30 heavy (non-hydrogen) atoms. The van der Waals surface area contributed by atoms with Gasteiger partial charge in [-0.25, -0.2) is 9.78 Å². The van der Waals surface area contributed by atoms with Crippen molar-refractivity contribution in [3.63, 3.8) is 0 Å². The Morgan fingerprint density at radius 1 is 1.10 bits per heavy atom. The molecule has 0 fully saturated rings. The summed E-state index contributed by atoms with van der Waals surface area (Å²) in [7, 11) is 4.77. The van der Waals surface area contributed by atoms with Gasteiger partial charge in [-0.1, -0.05) is 5.92 Å². The van der Waals surface area contributed by atoms with Crippen LogP contribution in [-0.4, -0.2) is 32.9 Å². The molecular weight excluding hydrogens is 386 g/mol. The lowest BCUT2D eigenvalue weighted by Crippen LogP contribution is -2.40. The van der Waals surface area contributed by atoms with Crippen LogP contribution in [0.4, 0.5) is 0 Å². The van der Waals surface area contributed by atoms with Crippen molar-refractivity contribution in [2.24, 2.45) is 7.05 Å². The summed E-state index contributed by atoms with van der Waals surface area (Å²) < 4.78 is 14.6. The van der Waals surface area contributed by atoms with E-state index in [9.17, 15) is 9.59 Å². The number of imidazole rings is 1. The Morgan fingerprint density at radius 2 is 1.83 bits per heavy atom. The molecule has 1 aromatic carbocycles. The Bertz CT molecular complexity index is 1330. The normalized spacial score (nSPS) is 10.4. The first-order valence-electron chi connectivity index (χ1n) is 9.27. The van der Waals surface area contributed by atoms with Gasteiger partial charge < -0.3 is 14.0 Å². The van der Waals surface area contributed by atoms with E-state index in [4.69, 9.17) is 14.7 Å². The average molecular weight is 407 g/mol. The van der Waals surface area contributed by atoms with E-state index in [0.717, 1.165) is 4.57 Å². The molecule has 0 bridgehead atoms. The molecule has 0 saturated heterocycles. The van der Waals surface area contributed by atoms with Crippen molar-refractivity contribution in [2.45, 2.75) is 26.4 Å². The first-order valence-corrected chi connectivity index (χ1v) is 9.27. The molecule has 0 N–H and O–H groups in total. The molecule has 2 heterocycles. The molecular formula is C21H21N5O4. The van der Waals surface area contributed by atoms with Crippen molar-refractivity contribution in [3.05, 3.63) is 50.4 Å². The number of rotatable bonds is 5. The zero-order valence-electron chi connectivity index (χ0n) is 17.2. The van der Waals surface area contributed by atoms with Crippen LogP contribution in [-0.2, 0) is 20.1 Å². The maximum absolute atomic E-state index is 12.8. The zero-order chi connectivity index (χ0) is 21.8. The van der Waals surface area contributed by atoms with Gasteiger partial charge in [0.05, 0.1) is 26.7 Å². The summed E-state index contributed by atoms with van der Waals surface area (Å²) in [5.74, 6) is 7.41. The van der Waals surface area contributed by atoms with Crippen molar-refractivity contribution >= 4 is 11.2 Å². The highest BCUT2D eigenvalue weighted by molar-refractivity contribution is 5.72. The fourth-order valence-corrected chi connectivity index (χ4v) is 3.16. The Hall–Kier alpha value is -3.98. The molecule has 2 aromatic heterocycles. The summed E-state index contributed by atoms with van der Waals surface area (Å²) >= 11 is 0. The van der Waals surface area contributed by atoms with Gasteiger partial charge >= 0.3 is 5.69 Å². The number of methoxy groups -OCH3 is 2. The number of aromatic nitrogens is 4. The topological polar surface area (TPSA) is 104 Å². The predicted molar refractivity (Wildman–Crippen MR) is 111 cm³/mol. The maximum Gasteiger partial charge on any atom is 0.332 e. The van der Waals surface area contributed by atoms with Crippen molar-refractivity contribution in [1.82, 2.24) is 18.7 Å². The van der Waals surface area contributed by atoms with E-state index in [1.807, 2.05) is 6.07 Å². The number of nitriles is 1. The number of fused-ring (bicyclic) bond motifs is 1. The molecule has 0 spiro atoms. The van der Waals surface area contributed by atoms with E-state index in [0.29, 0.717) is 22.9 Å². The number of benzene rings is 1. The Kier molecular flexibility index (Phi) is 5.93. The van der Waals surface area contributed by atoms with Crippen molar-refractivity contribution in [2.75, 3.05) is 14.2 Å². The molecule has 0 amide bonds. The minimum absolute atomic E-state index is 0.125. The van der Waals surface area contributed by atoms with Crippen molar-refractivity contribution < 1.29 is 9.47 Å². The molecule has 9 heteroatoms. The predicted octanol–water partition coefficient (Wildman–Crippen LogP) is 1.25. The number of hydrogen-bond donors (Lipinski definition) is 0. The van der Waals surface area contributed by atoms with Crippen LogP contribution in [0.2, 0.25) is 0 Å². The lowest BCUT2D eigenvalue weighted by Gasteiger charge is -2.08. The fraction of sp³-hybridized carbons (Fsp3) is 0.333. The SMILES string of the molecule is CCn1c(=O)c2c(nc(C#Cc3ccc(OC)c(OC)c3)n2C)n(CCC#N)c1=O. The van der Waals surface area contributed by atoms with E-state index in [1.54, 1.807) is 51.0 Å². The average Bonchev–Trinajstić information content (AvgIpc) is 3.08. The highest BCUT2D eigenvalue weighted by Gasteiger charge is 2.18. The third-order valence-electron chi connectivity index (χ3n) is 4.71. The zero-order valence-corrected chi connectivity index (χ0v) is 17.2. The van der Waals surface area contributed by atoms with Gasteiger partial charge in [0.15, 0.2) is 28.5 Å². The summed E-state index contributed by atoms with van der Waals surface area (Å²) in [5, 5.41) is 8.92. The van der Waals surface area contributed by atoms with Crippen LogP contribution in [0.1, 0.15) is 24.7 Å². The van der Waals surface area contributed by atoms with Crippen molar-refractivity contribution in [3.8, 4) is 29.4 Å². The van der Waals surface area contributed by atoms with Crippen LogP contribution >= 0.6 is 0 Å². The fourth-order valence-electron chi connectivity index (χ4n) is 3.16. The minimum atomic E-state index is -0.484. The Morgan fingerprint density at radius 3 is 2.47 bits per heavy atom. The summed E-state index contributed by atoms with van der Waals surface area (Å²) in [5.41, 5.74) is 0.255. The molecule has 3 rings (SSSR count). The van der Waals surface area contributed by atoms with Gasteiger partial charge in [0.1, 0.15) is 0 Å². The lowest BCUT2D eigenvalue weighted by molar-refractivity contribution is 0.355. The van der Waals surface area contributed by atoms with Gasteiger partial charge in [-0.3, -0.25) is 13.9 Å². The summed E-state index contributed by atoms with van der Waals surface area (Å²) in [4.78, 5) is 29.9. The van der Waals surface area contributed by atoms with Gasteiger partial charge in [0, 0.05) is 25.7 Å². The molecule has 0 aliphatic rings. The van der Waals surface area contributed by atoms with E-state index in [-0.39, 0.29) is 30.7 Å². The molecule has 0 aliphatic carbocycles. The van der Waals surface area contributed by atoms with Crippen LogP contribution in [0.15, 0.2) is 27.8 Å². The van der Waals surface area contributed by atoms with Crippen LogP contribution < -0.4 is 20.7 Å². The molecule has 0 radical (unpaired) electrons. The molecule has 154 valence electrons. The molecule has 0 aliphatic heterocycles. The monoisotopic (exact) mass is 407 g/mol. The number of aryl methyl sites for hydroxylation is 2. The molecule has 9 nitrogen and oxygen atoms in total. The van der Waals surface area contributed by atoms with E-state index >= 15 is 0 Å². The number of hydrogen-bond acceptors (Lipinski definition) is 6. The maximum atomic E-state index is 12.8.